The summed E-state index contributed by atoms with van der Waals surface area (Å²) in [5.74, 6) is -0.264. The molecule has 1 atom stereocenters. The predicted molar refractivity (Wildman–Crippen MR) is 100 cm³/mol. The van der Waals surface area contributed by atoms with E-state index < -0.39 is 12.1 Å². The molecule has 7 heteroatoms. The summed E-state index contributed by atoms with van der Waals surface area (Å²) in [6.07, 6.45) is 5.62. The van der Waals surface area contributed by atoms with Crippen molar-refractivity contribution in [2.45, 2.75) is 57.5 Å². The summed E-state index contributed by atoms with van der Waals surface area (Å²) >= 11 is 0. The van der Waals surface area contributed by atoms with Crippen molar-refractivity contribution in [2.75, 3.05) is 16.8 Å². The summed E-state index contributed by atoms with van der Waals surface area (Å²) < 4.78 is 0. The van der Waals surface area contributed by atoms with E-state index in [1.165, 1.54) is 0 Å². The Balaban J connectivity index is 1.53. The van der Waals surface area contributed by atoms with Crippen LogP contribution < -0.4 is 20.9 Å². The first kappa shape index (κ1) is 18.2. The third kappa shape index (κ3) is 4.53. The van der Waals surface area contributed by atoms with Crippen molar-refractivity contribution in [1.29, 1.82) is 0 Å². The summed E-state index contributed by atoms with van der Waals surface area (Å²) in [5, 5.41) is 8.31. The molecule has 3 rings (SSSR count). The molecule has 1 heterocycles. The zero-order valence-corrected chi connectivity index (χ0v) is 15.1. The minimum absolute atomic E-state index is 0.122. The number of hydrogen-bond acceptors (Lipinski definition) is 4. The van der Waals surface area contributed by atoms with Gasteiger partial charge in [0, 0.05) is 30.4 Å². The van der Waals surface area contributed by atoms with E-state index in [9.17, 15) is 14.4 Å². The Kier molecular flexibility index (Phi) is 5.75. The highest BCUT2D eigenvalue weighted by Crippen LogP contribution is 2.24. The summed E-state index contributed by atoms with van der Waals surface area (Å²) in [6.45, 7) is 2.42. The number of rotatable bonds is 5. The van der Waals surface area contributed by atoms with Crippen LogP contribution in [0.1, 0.15) is 45.4 Å². The number of carbonyl (C=O) groups is 3. The summed E-state index contributed by atoms with van der Waals surface area (Å²) in [6, 6.07) is 6.58. The number of amides is 4. The van der Waals surface area contributed by atoms with Gasteiger partial charge in [0.15, 0.2) is 0 Å². The van der Waals surface area contributed by atoms with Crippen LogP contribution in [0.3, 0.4) is 0 Å². The van der Waals surface area contributed by atoms with Crippen LogP contribution in [0, 0.1) is 0 Å². The van der Waals surface area contributed by atoms with Crippen LogP contribution >= 0.6 is 0 Å². The van der Waals surface area contributed by atoms with Crippen LogP contribution in [0.15, 0.2) is 24.3 Å². The molecule has 0 radical (unpaired) electrons. The first-order chi connectivity index (χ1) is 12.5. The second-order valence-electron chi connectivity index (χ2n) is 7.01. The molecule has 0 spiro atoms. The smallest absolute Gasteiger partial charge is 0.321 e. The average Bonchev–Trinajstić information content (AvgIpc) is 3.26. The molecule has 1 aliphatic heterocycles. The number of nitrogens with zero attached hydrogens (tertiary/aromatic N) is 1. The molecule has 1 saturated heterocycles. The molecule has 1 saturated carbocycles. The number of imide groups is 1. The number of hydrogen-bond donors (Lipinski definition) is 3. The lowest BCUT2D eigenvalue weighted by molar-refractivity contribution is -0.120. The van der Waals surface area contributed by atoms with E-state index in [4.69, 9.17) is 0 Å². The van der Waals surface area contributed by atoms with E-state index in [1.54, 1.807) is 11.8 Å². The number of benzene rings is 1. The Bertz CT molecular complexity index is 685. The van der Waals surface area contributed by atoms with Crippen molar-refractivity contribution < 1.29 is 14.4 Å². The lowest BCUT2D eigenvalue weighted by atomic mass is 10.2. The van der Waals surface area contributed by atoms with Crippen LogP contribution in [0.5, 0.6) is 0 Å². The van der Waals surface area contributed by atoms with Crippen LogP contribution in [-0.4, -0.2) is 36.5 Å². The minimum Gasteiger partial charge on any atom is -0.374 e. The van der Waals surface area contributed by atoms with E-state index in [2.05, 4.69) is 16.0 Å². The van der Waals surface area contributed by atoms with E-state index in [0.717, 1.165) is 50.0 Å². The maximum absolute atomic E-state index is 12.2. The summed E-state index contributed by atoms with van der Waals surface area (Å²) in [7, 11) is 0. The van der Waals surface area contributed by atoms with Gasteiger partial charge in [0.1, 0.15) is 6.04 Å². The number of nitrogens with one attached hydrogen (secondary N) is 3. The Morgan fingerprint density at radius 1 is 1.19 bits per heavy atom. The molecule has 1 aliphatic carbocycles. The third-order valence-electron chi connectivity index (χ3n) is 4.93. The fourth-order valence-corrected chi connectivity index (χ4v) is 3.51. The Hall–Kier alpha value is -2.57. The van der Waals surface area contributed by atoms with Gasteiger partial charge in [0.25, 0.3) is 0 Å². The maximum Gasteiger partial charge on any atom is 0.321 e. The van der Waals surface area contributed by atoms with E-state index in [-0.39, 0.29) is 17.9 Å². The molecular formula is C19H26N4O3. The lowest BCUT2D eigenvalue weighted by Crippen LogP contribution is -2.48. The van der Waals surface area contributed by atoms with E-state index in [0.29, 0.717) is 6.42 Å². The highest BCUT2D eigenvalue weighted by atomic mass is 16.2. The number of carbonyl (C=O) groups excluding carboxylic acids is 3. The standard InChI is InChI=1S/C19H26N4O3/c1-13(18(25)22-19(26)21-14-6-2-3-7-14)20-15-8-4-9-16(12-15)23-11-5-10-17(23)24/h4,8-9,12-14,20H,2-3,5-7,10-11H2,1H3,(H2,21,22,25,26). The van der Waals surface area contributed by atoms with Crippen molar-refractivity contribution in [2.24, 2.45) is 0 Å². The van der Waals surface area contributed by atoms with Crippen molar-refractivity contribution in [3.8, 4) is 0 Å². The van der Waals surface area contributed by atoms with Gasteiger partial charge in [-0.1, -0.05) is 18.9 Å². The quantitative estimate of drug-likeness (QED) is 0.754. The second kappa shape index (κ2) is 8.21. The van der Waals surface area contributed by atoms with Crippen LogP contribution in [0.4, 0.5) is 16.2 Å². The van der Waals surface area contributed by atoms with Crippen molar-refractivity contribution in [3.63, 3.8) is 0 Å². The average molecular weight is 358 g/mol. The molecule has 4 amide bonds. The first-order valence-electron chi connectivity index (χ1n) is 9.31. The highest BCUT2D eigenvalue weighted by Gasteiger charge is 2.23. The molecule has 26 heavy (non-hydrogen) atoms. The third-order valence-corrected chi connectivity index (χ3v) is 4.93. The molecule has 0 bridgehead atoms. The van der Waals surface area contributed by atoms with Gasteiger partial charge in [-0.3, -0.25) is 14.9 Å². The fourth-order valence-electron chi connectivity index (χ4n) is 3.51. The molecule has 2 aliphatic rings. The minimum atomic E-state index is -0.575. The molecule has 2 fully saturated rings. The van der Waals surface area contributed by atoms with Gasteiger partial charge in [-0.05, 0) is 44.4 Å². The van der Waals surface area contributed by atoms with Crippen molar-refractivity contribution in [1.82, 2.24) is 10.6 Å². The Morgan fingerprint density at radius 3 is 2.65 bits per heavy atom. The van der Waals surface area contributed by atoms with Gasteiger partial charge >= 0.3 is 6.03 Å². The SMILES string of the molecule is CC(Nc1cccc(N2CCCC2=O)c1)C(=O)NC(=O)NC1CCCC1. The lowest BCUT2D eigenvalue weighted by Gasteiger charge is -2.19. The Morgan fingerprint density at radius 2 is 1.96 bits per heavy atom. The molecule has 0 aromatic heterocycles. The molecule has 1 aromatic carbocycles. The molecule has 1 unspecified atom stereocenters. The van der Waals surface area contributed by atoms with Gasteiger partial charge in [-0.2, -0.15) is 0 Å². The first-order valence-corrected chi connectivity index (χ1v) is 9.31. The van der Waals surface area contributed by atoms with Gasteiger partial charge < -0.3 is 15.5 Å². The topological polar surface area (TPSA) is 90.5 Å². The zero-order chi connectivity index (χ0) is 18.5. The van der Waals surface area contributed by atoms with E-state index >= 15 is 0 Å². The molecular weight excluding hydrogens is 332 g/mol. The largest absolute Gasteiger partial charge is 0.374 e. The number of urea groups is 1. The van der Waals surface area contributed by atoms with Gasteiger partial charge in [0.05, 0.1) is 0 Å². The second-order valence-corrected chi connectivity index (χ2v) is 7.01. The highest BCUT2D eigenvalue weighted by molar-refractivity contribution is 5.98. The monoisotopic (exact) mass is 358 g/mol. The van der Waals surface area contributed by atoms with Crippen molar-refractivity contribution >= 4 is 29.2 Å². The Labute approximate surface area is 153 Å². The van der Waals surface area contributed by atoms with Gasteiger partial charge in [-0.25, -0.2) is 4.79 Å². The normalized spacial score (nSPS) is 18.7. The molecule has 1 aromatic rings. The number of anilines is 2. The van der Waals surface area contributed by atoms with Crippen LogP contribution in [-0.2, 0) is 9.59 Å². The molecule has 140 valence electrons. The van der Waals surface area contributed by atoms with Crippen molar-refractivity contribution in [3.05, 3.63) is 24.3 Å². The van der Waals surface area contributed by atoms with Crippen LogP contribution in [0.25, 0.3) is 0 Å². The molecule has 7 nitrogen and oxygen atoms in total. The predicted octanol–water partition coefficient (Wildman–Crippen LogP) is 2.38. The fraction of sp³-hybridized carbons (Fsp3) is 0.526. The summed E-state index contributed by atoms with van der Waals surface area (Å²) in [5.41, 5.74) is 1.56. The zero-order valence-electron chi connectivity index (χ0n) is 15.1. The maximum atomic E-state index is 12.2. The summed E-state index contributed by atoms with van der Waals surface area (Å²) in [4.78, 5) is 37.8. The van der Waals surface area contributed by atoms with Gasteiger partial charge in [-0.15, -0.1) is 0 Å². The van der Waals surface area contributed by atoms with Crippen LogP contribution in [0.2, 0.25) is 0 Å². The van der Waals surface area contributed by atoms with E-state index in [1.807, 2.05) is 24.3 Å². The molecule has 3 N–H and O–H groups in total. The van der Waals surface area contributed by atoms with Gasteiger partial charge in [0.2, 0.25) is 11.8 Å².